The Morgan fingerprint density at radius 3 is 2.22 bits per heavy atom. The molecular weight excluding hydrogens is 636 g/mol. The first kappa shape index (κ1) is 34.9. The number of piperidine rings is 1. The Kier molecular flexibility index (Phi) is 10.8. The highest BCUT2D eigenvalue weighted by molar-refractivity contribution is 5.78. The van der Waals surface area contributed by atoms with Crippen molar-refractivity contribution in [1.29, 1.82) is 0 Å². The fourth-order valence-electron chi connectivity index (χ4n) is 9.03. The van der Waals surface area contributed by atoms with Gasteiger partial charge in [0, 0.05) is 17.5 Å². The number of rotatable bonds is 14. The summed E-state index contributed by atoms with van der Waals surface area (Å²) >= 11 is 0. The molecule has 7 rings (SSSR count). The Labute approximate surface area is 303 Å². The van der Waals surface area contributed by atoms with Crippen molar-refractivity contribution < 1.29 is 23.7 Å². The largest absolute Gasteiger partial charge is 0.493 e. The number of nitrogens with one attached hydrogen (secondary N) is 1. The molecule has 0 radical (unpaired) electrons. The van der Waals surface area contributed by atoms with E-state index in [9.17, 15) is 4.79 Å². The maximum absolute atomic E-state index is 13.0. The highest BCUT2D eigenvalue weighted by atomic mass is 16.7. The molecular formula is C44H52N2O5. The Morgan fingerprint density at radius 1 is 0.804 bits per heavy atom. The zero-order valence-electron chi connectivity index (χ0n) is 30.3. The summed E-state index contributed by atoms with van der Waals surface area (Å²) in [7, 11) is 3.46. The molecule has 51 heavy (non-hydrogen) atoms. The van der Waals surface area contributed by atoms with Gasteiger partial charge in [-0.15, -0.1) is 0 Å². The van der Waals surface area contributed by atoms with Crippen molar-refractivity contribution in [3.05, 3.63) is 119 Å². The highest BCUT2D eigenvalue weighted by Crippen LogP contribution is 2.45. The van der Waals surface area contributed by atoms with E-state index in [2.05, 4.69) is 83.0 Å². The van der Waals surface area contributed by atoms with E-state index in [1.54, 1.807) is 14.2 Å². The first-order valence-electron chi connectivity index (χ1n) is 18.8. The molecule has 7 nitrogen and oxygen atoms in total. The van der Waals surface area contributed by atoms with Crippen LogP contribution in [0.3, 0.4) is 0 Å². The number of hydrogen-bond acceptors (Lipinski definition) is 6. The van der Waals surface area contributed by atoms with Crippen LogP contribution in [0.1, 0.15) is 79.2 Å². The predicted molar refractivity (Wildman–Crippen MR) is 201 cm³/mol. The van der Waals surface area contributed by atoms with Gasteiger partial charge in [0.15, 0.2) is 23.0 Å². The molecule has 4 aromatic rings. The van der Waals surface area contributed by atoms with E-state index in [0.717, 1.165) is 74.4 Å². The van der Waals surface area contributed by atoms with Crippen LogP contribution < -0.4 is 24.3 Å². The normalized spacial score (nSPS) is 18.3. The topological polar surface area (TPSA) is 69.3 Å². The first-order valence-corrected chi connectivity index (χ1v) is 18.8. The summed E-state index contributed by atoms with van der Waals surface area (Å²) in [5.74, 6) is 3.13. The monoisotopic (exact) mass is 688 g/mol. The van der Waals surface area contributed by atoms with Crippen molar-refractivity contribution in [2.24, 2.45) is 0 Å². The standard InChI is InChI=1S/C44H52N2O5/c1-48-39-29-34-19-23-43(31-35(34)30-40(39)49-2)20-9-10-25-46(43)26-12-22-44(36-13-5-3-6-14-36,37-15-7-4-8-16-37)21-11-24-45-42(47)28-33-17-18-38-41(27-33)51-32-50-38/h3-8,13-18,27,29-30H,9-12,19-26,28,31-32H2,1-2H3,(H,45,47). The number of carbonyl (C=O) groups is 1. The lowest BCUT2D eigenvalue weighted by atomic mass is 9.68. The van der Waals surface area contributed by atoms with Gasteiger partial charge in [0.25, 0.3) is 0 Å². The molecule has 1 amide bonds. The summed E-state index contributed by atoms with van der Waals surface area (Å²) in [4.78, 5) is 15.9. The van der Waals surface area contributed by atoms with Gasteiger partial charge >= 0.3 is 0 Å². The number of benzene rings is 4. The van der Waals surface area contributed by atoms with Crippen molar-refractivity contribution in [3.8, 4) is 23.0 Å². The van der Waals surface area contributed by atoms with Gasteiger partial charge in [0.05, 0.1) is 20.6 Å². The predicted octanol–water partition coefficient (Wildman–Crippen LogP) is 8.05. The quantitative estimate of drug-likeness (QED) is 0.135. The molecule has 3 aliphatic rings. The van der Waals surface area contributed by atoms with Crippen LogP contribution in [0.2, 0.25) is 0 Å². The number of carbonyl (C=O) groups excluding carboxylic acids is 1. The molecule has 1 unspecified atom stereocenters. The van der Waals surface area contributed by atoms with E-state index < -0.39 is 0 Å². The second-order valence-corrected chi connectivity index (χ2v) is 14.6. The van der Waals surface area contributed by atoms with Crippen molar-refractivity contribution in [1.82, 2.24) is 10.2 Å². The fourth-order valence-corrected chi connectivity index (χ4v) is 9.03. The van der Waals surface area contributed by atoms with Crippen LogP contribution in [0.5, 0.6) is 23.0 Å². The Hall–Kier alpha value is -4.49. The number of ether oxygens (including phenoxy) is 4. The fraction of sp³-hybridized carbons (Fsp3) is 0.432. The maximum Gasteiger partial charge on any atom is 0.231 e. The Balaban J connectivity index is 1.05. The molecule has 1 aliphatic carbocycles. The van der Waals surface area contributed by atoms with Gasteiger partial charge < -0.3 is 24.3 Å². The second-order valence-electron chi connectivity index (χ2n) is 14.6. The summed E-state index contributed by atoms with van der Waals surface area (Å²) in [6.45, 7) is 3.10. The van der Waals surface area contributed by atoms with E-state index in [1.165, 1.54) is 47.9 Å². The minimum atomic E-state index is -0.156. The van der Waals surface area contributed by atoms with Crippen LogP contribution in [-0.2, 0) is 29.5 Å². The van der Waals surface area contributed by atoms with Gasteiger partial charge in [0.2, 0.25) is 12.7 Å². The van der Waals surface area contributed by atoms with Crippen LogP contribution in [0.15, 0.2) is 91.0 Å². The molecule has 1 N–H and O–H groups in total. The summed E-state index contributed by atoms with van der Waals surface area (Å²) < 4.78 is 22.3. The molecule has 1 saturated heterocycles. The lowest BCUT2D eigenvalue weighted by Gasteiger charge is -2.50. The minimum absolute atomic E-state index is 0.0272. The summed E-state index contributed by atoms with van der Waals surface area (Å²) in [5.41, 5.74) is 6.47. The molecule has 0 saturated carbocycles. The van der Waals surface area contributed by atoms with E-state index in [-0.39, 0.29) is 23.7 Å². The van der Waals surface area contributed by atoms with Crippen LogP contribution in [0.25, 0.3) is 0 Å². The van der Waals surface area contributed by atoms with Crippen molar-refractivity contribution in [2.45, 2.75) is 81.6 Å². The number of aryl methyl sites for hydroxylation is 1. The number of methoxy groups -OCH3 is 2. The van der Waals surface area contributed by atoms with Crippen LogP contribution >= 0.6 is 0 Å². The summed E-state index contributed by atoms with van der Waals surface area (Å²) in [6.07, 6.45) is 11.4. The van der Waals surface area contributed by atoms with Crippen molar-refractivity contribution in [3.63, 3.8) is 0 Å². The number of fused-ring (bicyclic) bond motifs is 2. The van der Waals surface area contributed by atoms with Crippen LogP contribution in [-0.4, -0.2) is 57.0 Å². The number of hydrogen-bond donors (Lipinski definition) is 1. The third-order valence-corrected chi connectivity index (χ3v) is 11.7. The van der Waals surface area contributed by atoms with E-state index in [0.29, 0.717) is 18.7 Å². The van der Waals surface area contributed by atoms with Gasteiger partial charge in [0.1, 0.15) is 0 Å². The first-order chi connectivity index (χ1) is 25.0. The molecule has 2 heterocycles. The average Bonchev–Trinajstić information content (AvgIpc) is 3.65. The van der Waals surface area contributed by atoms with Gasteiger partial charge in [-0.25, -0.2) is 0 Å². The molecule has 4 aromatic carbocycles. The number of amides is 1. The second kappa shape index (κ2) is 15.8. The Morgan fingerprint density at radius 2 is 1.49 bits per heavy atom. The maximum atomic E-state index is 13.0. The molecule has 1 atom stereocenters. The molecule has 7 heteroatoms. The summed E-state index contributed by atoms with van der Waals surface area (Å²) in [6, 6.07) is 32.2. The van der Waals surface area contributed by atoms with E-state index in [1.807, 2.05) is 18.2 Å². The van der Waals surface area contributed by atoms with Gasteiger partial charge in [-0.1, -0.05) is 73.2 Å². The van der Waals surface area contributed by atoms with E-state index >= 15 is 0 Å². The number of nitrogens with zero attached hydrogens (tertiary/aromatic N) is 1. The minimum Gasteiger partial charge on any atom is -0.493 e. The third-order valence-electron chi connectivity index (χ3n) is 11.7. The lowest BCUT2D eigenvalue weighted by Crippen LogP contribution is -2.55. The lowest BCUT2D eigenvalue weighted by molar-refractivity contribution is -0.120. The SMILES string of the molecule is COc1cc2c(cc1OC)CC1(CCCCN1CCCC(CCCNC(=O)Cc1ccc3c(c1)OCO3)(c1ccccc1)c1ccccc1)CC2. The van der Waals surface area contributed by atoms with Crippen LogP contribution in [0, 0.1) is 0 Å². The van der Waals surface area contributed by atoms with Gasteiger partial charge in [-0.3, -0.25) is 9.69 Å². The molecule has 0 aromatic heterocycles. The molecule has 268 valence electrons. The van der Waals surface area contributed by atoms with Crippen molar-refractivity contribution in [2.75, 3.05) is 40.6 Å². The summed E-state index contributed by atoms with van der Waals surface area (Å²) in [5, 5.41) is 3.21. The molecule has 0 bridgehead atoms. The zero-order valence-corrected chi connectivity index (χ0v) is 30.3. The van der Waals surface area contributed by atoms with Crippen molar-refractivity contribution >= 4 is 5.91 Å². The third kappa shape index (κ3) is 7.59. The van der Waals surface area contributed by atoms with Crippen LogP contribution in [0.4, 0.5) is 0 Å². The molecule has 2 aliphatic heterocycles. The average molecular weight is 689 g/mol. The van der Waals surface area contributed by atoms with E-state index in [4.69, 9.17) is 18.9 Å². The number of likely N-dealkylation sites (tertiary alicyclic amines) is 1. The smallest absolute Gasteiger partial charge is 0.231 e. The molecule has 1 fully saturated rings. The highest BCUT2D eigenvalue weighted by Gasteiger charge is 2.42. The molecule has 1 spiro atoms. The Bertz CT molecular complexity index is 1740. The van der Waals surface area contributed by atoms with Gasteiger partial charge in [-0.2, -0.15) is 0 Å². The zero-order chi connectivity index (χ0) is 35.1. The van der Waals surface area contributed by atoms with Gasteiger partial charge in [-0.05, 0) is 123 Å².